The van der Waals surface area contributed by atoms with Crippen molar-refractivity contribution in [2.75, 3.05) is 11.9 Å². The Balaban J connectivity index is 1.84. The van der Waals surface area contributed by atoms with Gasteiger partial charge in [0.25, 0.3) is 5.91 Å². The number of rotatable bonds is 5. The number of carbonyl (C=O) groups is 2. The molecule has 1 aromatic heterocycles. The molecule has 0 spiro atoms. The SMILES string of the molecule is CCN(Cc1cnn(CC)c1)C(=O)c1ccc2c(c1)C(C)(C)C(=O)N2. The fraction of sp³-hybridized carbons (Fsp3) is 0.421. The van der Waals surface area contributed by atoms with Crippen LogP contribution in [0.2, 0.25) is 0 Å². The number of amides is 2. The molecule has 1 aliphatic rings. The summed E-state index contributed by atoms with van der Waals surface area (Å²) in [5.41, 5.74) is 2.66. The van der Waals surface area contributed by atoms with Crippen LogP contribution < -0.4 is 5.32 Å². The Bertz CT molecular complexity index is 823. The average Bonchev–Trinajstić information content (AvgIpc) is 3.14. The molecule has 0 unspecified atom stereocenters. The molecule has 0 fully saturated rings. The lowest BCUT2D eigenvalue weighted by Crippen LogP contribution is -2.30. The maximum atomic E-state index is 12.9. The van der Waals surface area contributed by atoms with Crippen LogP contribution in [0.4, 0.5) is 5.69 Å². The zero-order valence-corrected chi connectivity index (χ0v) is 15.2. The molecule has 1 aliphatic heterocycles. The summed E-state index contributed by atoms with van der Waals surface area (Å²) < 4.78 is 1.85. The van der Waals surface area contributed by atoms with E-state index in [1.165, 1.54) is 0 Å². The molecule has 1 aromatic carbocycles. The molecule has 25 heavy (non-hydrogen) atoms. The zero-order valence-electron chi connectivity index (χ0n) is 15.2. The van der Waals surface area contributed by atoms with E-state index in [0.29, 0.717) is 18.7 Å². The summed E-state index contributed by atoms with van der Waals surface area (Å²) in [4.78, 5) is 26.8. The Morgan fingerprint density at radius 1 is 1.32 bits per heavy atom. The van der Waals surface area contributed by atoms with Crippen molar-refractivity contribution >= 4 is 17.5 Å². The highest BCUT2D eigenvalue weighted by Gasteiger charge is 2.38. The van der Waals surface area contributed by atoms with Gasteiger partial charge in [-0.25, -0.2) is 0 Å². The molecular weight excluding hydrogens is 316 g/mol. The van der Waals surface area contributed by atoms with Crippen LogP contribution in [0.5, 0.6) is 0 Å². The minimum Gasteiger partial charge on any atom is -0.334 e. The lowest BCUT2D eigenvalue weighted by molar-refractivity contribution is -0.119. The lowest BCUT2D eigenvalue weighted by Gasteiger charge is -2.21. The number of nitrogens with zero attached hydrogens (tertiary/aromatic N) is 3. The Morgan fingerprint density at radius 3 is 2.72 bits per heavy atom. The Labute approximate surface area is 147 Å². The molecule has 0 bridgehead atoms. The second-order valence-electron chi connectivity index (χ2n) is 6.86. The molecule has 0 atom stereocenters. The summed E-state index contributed by atoms with van der Waals surface area (Å²) in [6.07, 6.45) is 3.76. The van der Waals surface area contributed by atoms with Gasteiger partial charge in [-0.15, -0.1) is 0 Å². The predicted molar refractivity (Wildman–Crippen MR) is 96.4 cm³/mol. The van der Waals surface area contributed by atoms with Gasteiger partial charge in [0.05, 0.1) is 11.6 Å². The maximum absolute atomic E-state index is 12.9. The average molecular weight is 340 g/mol. The monoisotopic (exact) mass is 340 g/mol. The fourth-order valence-electron chi connectivity index (χ4n) is 3.10. The molecule has 132 valence electrons. The first-order valence-electron chi connectivity index (χ1n) is 8.63. The van der Waals surface area contributed by atoms with Gasteiger partial charge in [-0.2, -0.15) is 5.10 Å². The molecule has 3 rings (SSSR count). The van der Waals surface area contributed by atoms with E-state index in [0.717, 1.165) is 23.4 Å². The molecule has 0 saturated carbocycles. The number of carbonyl (C=O) groups excluding carboxylic acids is 2. The van der Waals surface area contributed by atoms with Gasteiger partial charge >= 0.3 is 0 Å². The van der Waals surface area contributed by atoms with Crippen LogP contribution in [0.25, 0.3) is 0 Å². The van der Waals surface area contributed by atoms with Gasteiger partial charge in [0, 0.05) is 42.6 Å². The number of hydrogen-bond acceptors (Lipinski definition) is 3. The zero-order chi connectivity index (χ0) is 18.2. The largest absolute Gasteiger partial charge is 0.334 e. The smallest absolute Gasteiger partial charge is 0.254 e. The Kier molecular flexibility index (Phi) is 4.37. The van der Waals surface area contributed by atoms with Gasteiger partial charge in [-0.1, -0.05) is 0 Å². The summed E-state index contributed by atoms with van der Waals surface area (Å²) in [6.45, 7) is 9.67. The third-order valence-electron chi connectivity index (χ3n) is 4.81. The topological polar surface area (TPSA) is 67.2 Å². The third-order valence-corrected chi connectivity index (χ3v) is 4.81. The molecule has 6 nitrogen and oxygen atoms in total. The summed E-state index contributed by atoms with van der Waals surface area (Å²) in [6, 6.07) is 5.44. The van der Waals surface area contributed by atoms with Gasteiger partial charge < -0.3 is 10.2 Å². The van der Waals surface area contributed by atoms with E-state index in [-0.39, 0.29) is 11.8 Å². The molecule has 0 saturated heterocycles. The van der Waals surface area contributed by atoms with E-state index in [4.69, 9.17) is 0 Å². The van der Waals surface area contributed by atoms with Gasteiger partial charge in [0.2, 0.25) is 5.91 Å². The number of nitrogens with one attached hydrogen (secondary N) is 1. The van der Waals surface area contributed by atoms with Crippen LogP contribution in [0.3, 0.4) is 0 Å². The molecule has 2 amide bonds. The van der Waals surface area contributed by atoms with Gasteiger partial charge in [0.15, 0.2) is 0 Å². The number of fused-ring (bicyclic) bond motifs is 1. The normalized spacial score (nSPS) is 15.0. The maximum Gasteiger partial charge on any atom is 0.254 e. The van der Waals surface area contributed by atoms with Crippen molar-refractivity contribution in [1.29, 1.82) is 0 Å². The minimum atomic E-state index is -0.620. The molecule has 1 N–H and O–H groups in total. The molecule has 2 heterocycles. The second-order valence-corrected chi connectivity index (χ2v) is 6.86. The summed E-state index contributed by atoms with van der Waals surface area (Å²) in [5, 5.41) is 7.13. The number of aryl methyl sites for hydroxylation is 1. The van der Waals surface area contributed by atoms with Crippen molar-refractivity contribution in [3.8, 4) is 0 Å². The second kappa shape index (κ2) is 6.35. The van der Waals surface area contributed by atoms with Crippen molar-refractivity contribution in [2.24, 2.45) is 0 Å². The molecule has 2 aromatic rings. The first-order valence-corrected chi connectivity index (χ1v) is 8.63. The van der Waals surface area contributed by atoms with Crippen LogP contribution >= 0.6 is 0 Å². The van der Waals surface area contributed by atoms with Crippen molar-refractivity contribution in [1.82, 2.24) is 14.7 Å². The third kappa shape index (κ3) is 3.04. The van der Waals surface area contributed by atoms with Crippen molar-refractivity contribution in [2.45, 2.75) is 46.2 Å². The highest BCUT2D eigenvalue weighted by molar-refractivity contribution is 6.07. The summed E-state index contributed by atoms with van der Waals surface area (Å²) in [5.74, 6) is -0.0730. The van der Waals surface area contributed by atoms with E-state index in [1.807, 2.05) is 50.7 Å². The van der Waals surface area contributed by atoms with Crippen LogP contribution in [0.1, 0.15) is 49.2 Å². The van der Waals surface area contributed by atoms with Crippen LogP contribution in [-0.4, -0.2) is 33.0 Å². The number of aromatic nitrogens is 2. The van der Waals surface area contributed by atoms with Crippen LogP contribution in [-0.2, 0) is 23.3 Å². The first-order chi connectivity index (χ1) is 11.9. The van der Waals surface area contributed by atoms with E-state index < -0.39 is 5.41 Å². The lowest BCUT2D eigenvalue weighted by atomic mass is 9.85. The summed E-state index contributed by atoms with van der Waals surface area (Å²) in [7, 11) is 0. The van der Waals surface area contributed by atoms with Crippen molar-refractivity contribution in [3.05, 3.63) is 47.3 Å². The number of anilines is 1. The standard InChI is InChI=1S/C19H24N4O2/c1-5-22(11-13-10-20-23(6-2)12-13)17(24)14-7-8-16-15(9-14)19(3,4)18(25)21-16/h7-10,12H,5-6,11H2,1-4H3,(H,21,25). The van der Waals surface area contributed by atoms with Crippen molar-refractivity contribution in [3.63, 3.8) is 0 Å². The minimum absolute atomic E-state index is 0.0357. The van der Waals surface area contributed by atoms with E-state index in [1.54, 1.807) is 17.2 Å². The van der Waals surface area contributed by atoms with E-state index in [9.17, 15) is 9.59 Å². The number of hydrogen-bond donors (Lipinski definition) is 1. The highest BCUT2D eigenvalue weighted by atomic mass is 16.2. The van der Waals surface area contributed by atoms with E-state index in [2.05, 4.69) is 10.4 Å². The molecular formula is C19H24N4O2. The highest BCUT2D eigenvalue weighted by Crippen LogP contribution is 2.37. The van der Waals surface area contributed by atoms with Crippen LogP contribution in [0.15, 0.2) is 30.6 Å². The van der Waals surface area contributed by atoms with E-state index >= 15 is 0 Å². The van der Waals surface area contributed by atoms with Gasteiger partial charge in [0.1, 0.15) is 0 Å². The Morgan fingerprint density at radius 2 is 2.08 bits per heavy atom. The summed E-state index contributed by atoms with van der Waals surface area (Å²) >= 11 is 0. The predicted octanol–water partition coefficient (Wildman–Crippen LogP) is 2.80. The fourth-order valence-corrected chi connectivity index (χ4v) is 3.10. The van der Waals surface area contributed by atoms with Crippen molar-refractivity contribution < 1.29 is 9.59 Å². The van der Waals surface area contributed by atoms with Gasteiger partial charge in [-0.05, 0) is 51.5 Å². The molecule has 0 aliphatic carbocycles. The Hall–Kier alpha value is -2.63. The molecule has 0 radical (unpaired) electrons. The quantitative estimate of drug-likeness (QED) is 0.910. The van der Waals surface area contributed by atoms with Crippen LogP contribution in [0, 0.1) is 0 Å². The molecule has 6 heteroatoms. The van der Waals surface area contributed by atoms with Gasteiger partial charge in [-0.3, -0.25) is 14.3 Å². The first kappa shape index (κ1) is 17.2. The number of benzene rings is 1.